The average Bonchev–Trinajstić information content (AvgIpc) is 2.78. The number of aromatic carboxylic acids is 1. The minimum absolute atomic E-state index is 0.0539. The van der Waals surface area contributed by atoms with Gasteiger partial charge in [-0.15, -0.1) is 0 Å². The fourth-order valence-corrected chi connectivity index (χ4v) is 1.68. The smallest absolute Gasteiger partial charge is 0.371 e. The second-order valence-corrected chi connectivity index (χ2v) is 3.99. The van der Waals surface area contributed by atoms with E-state index in [4.69, 9.17) is 9.52 Å². The number of aromatic nitrogens is 1. The number of rotatable bonds is 3. The number of furan rings is 1. The van der Waals surface area contributed by atoms with E-state index < -0.39 is 11.8 Å². The number of hydrogen-bond acceptors (Lipinski definition) is 4. The summed E-state index contributed by atoms with van der Waals surface area (Å²) < 4.78 is 5.43. The van der Waals surface area contributed by atoms with E-state index in [0.29, 0.717) is 4.47 Å². The quantitative estimate of drug-likeness (QED) is 0.879. The van der Waals surface area contributed by atoms with Crippen molar-refractivity contribution in [1.29, 1.82) is 0 Å². The Morgan fingerprint density at radius 2 is 1.94 bits per heavy atom. The Labute approximate surface area is 104 Å². The molecule has 0 aliphatic rings. The van der Waals surface area contributed by atoms with Gasteiger partial charge in [0.15, 0.2) is 5.76 Å². The minimum Gasteiger partial charge on any atom is -0.475 e. The summed E-state index contributed by atoms with van der Waals surface area (Å²) in [6.07, 6.45) is 1.47. The molecule has 0 aliphatic heterocycles. The SMILES string of the molecule is O=C(O)c1ccc(C(=O)c2ncccc2Br)o1. The first-order valence-electron chi connectivity index (χ1n) is 4.58. The molecule has 0 bridgehead atoms. The molecular weight excluding hydrogens is 290 g/mol. The fourth-order valence-electron chi connectivity index (χ4n) is 1.24. The molecule has 5 nitrogen and oxygen atoms in total. The van der Waals surface area contributed by atoms with Crippen molar-refractivity contribution >= 4 is 27.7 Å². The van der Waals surface area contributed by atoms with E-state index in [-0.39, 0.29) is 17.2 Å². The summed E-state index contributed by atoms with van der Waals surface area (Å²) in [5, 5.41) is 8.68. The Morgan fingerprint density at radius 3 is 2.53 bits per heavy atom. The highest BCUT2D eigenvalue weighted by Gasteiger charge is 2.19. The van der Waals surface area contributed by atoms with Crippen molar-refractivity contribution in [2.75, 3.05) is 0 Å². The van der Waals surface area contributed by atoms with Gasteiger partial charge in [-0.2, -0.15) is 0 Å². The second kappa shape index (κ2) is 4.50. The first-order valence-corrected chi connectivity index (χ1v) is 5.37. The zero-order valence-electron chi connectivity index (χ0n) is 8.38. The van der Waals surface area contributed by atoms with Crippen LogP contribution in [0.2, 0.25) is 0 Å². The van der Waals surface area contributed by atoms with Crippen LogP contribution in [0.25, 0.3) is 0 Å². The monoisotopic (exact) mass is 295 g/mol. The largest absolute Gasteiger partial charge is 0.475 e. The summed E-state index contributed by atoms with van der Waals surface area (Å²) in [5.41, 5.74) is 0.179. The van der Waals surface area contributed by atoms with Gasteiger partial charge in [-0.3, -0.25) is 9.78 Å². The molecule has 17 heavy (non-hydrogen) atoms. The van der Waals surface area contributed by atoms with Crippen LogP contribution in [0.4, 0.5) is 0 Å². The van der Waals surface area contributed by atoms with E-state index >= 15 is 0 Å². The van der Waals surface area contributed by atoms with Gasteiger partial charge in [-0.1, -0.05) is 0 Å². The second-order valence-electron chi connectivity index (χ2n) is 3.13. The standard InChI is InChI=1S/C11H6BrNO4/c12-6-2-1-5-13-9(6)10(14)7-3-4-8(17-7)11(15)16/h1-5H,(H,15,16). The van der Waals surface area contributed by atoms with Gasteiger partial charge in [0.05, 0.1) is 0 Å². The van der Waals surface area contributed by atoms with Crippen LogP contribution < -0.4 is 0 Å². The van der Waals surface area contributed by atoms with Crippen LogP contribution in [0.15, 0.2) is 39.4 Å². The van der Waals surface area contributed by atoms with Gasteiger partial charge in [0.1, 0.15) is 5.69 Å². The van der Waals surface area contributed by atoms with Crippen molar-refractivity contribution in [2.45, 2.75) is 0 Å². The Hall–Kier alpha value is -1.95. The molecule has 0 fully saturated rings. The van der Waals surface area contributed by atoms with Gasteiger partial charge in [0.25, 0.3) is 0 Å². The van der Waals surface area contributed by atoms with Gasteiger partial charge < -0.3 is 9.52 Å². The summed E-state index contributed by atoms with van der Waals surface area (Å²) in [6.45, 7) is 0. The molecule has 0 saturated carbocycles. The Morgan fingerprint density at radius 1 is 1.24 bits per heavy atom. The van der Waals surface area contributed by atoms with Crippen LogP contribution in [-0.4, -0.2) is 21.8 Å². The van der Waals surface area contributed by atoms with E-state index in [1.807, 2.05) is 0 Å². The number of carbonyl (C=O) groups is 2. The molecule has 0 saturated heterocycles. The molecule has 2 rings (SSSR count). The Balaban J connectivity index is 2.37. The molecule has 0 spiro atoms. The lowest BCUT2D eigenvalue weighted by atomic mass is 10.2. The number of carboxylic acids is 1. The van der Waals surface area contributed by atoms with Crippen LogP contribution in [0, 0.1) is 0 Å². The summed E-state index contributed by atoms with van der Waals surface area (Å²) in [7, 11) is 0. The maximum absolute atomic E-state index is 11.9. The molecule has 6 heteroatoms. The number of carbonyl (C=O) groups excluding carboxylic acids is 1. The predicted octanol–water partition coefficient (Wildman–Crippen LogP) is 2.37. The minimum atomic E-state index is -1.22. The van der Waals surface area contributed by atoms with E-state index in [1.165, 1.54) is 18.3 Å². The van der Waals surface area contributed by atoms with Crippen molar-refractivity contribution in [3.05, 3.63) is 52.1 Å². The zero-order chi connectivity index (χ0) is 12.4. The number of nitrogens with zero attached hydrogens (tertiary/aromatic N) is 1. The van der Waals surface area contributed by atoms with Crippen molar-refractivity contribution in [3.8, 4) is 0 Å². The Bertz CT molecular complexity index is 591. The van der Waals surface area contributed by atoms with Crippen LogP contribution in [0.5, 0.6) is 0 Å². The number of pyridine rings is 1. The van der Waals surface area contributed by atoms with Crippen LogP contribution in [0.1, 0.15) is 26.8 Å². The van der Waals surface area contributed by atoms with Gasteiger partial charge in [0.2, 0.25) is 11.5 Å². The van der Waals surface area contributed by atoms with Crippen LogP contribution >= 0.6 is 15.9 Å². The lowest BCUT2D eigenvalue weighted by molar-refractivity contribution is 0.0660. The third-order valence-electron chi connectivity index (χ3n) is 2.01. The summed E-state index contributed by atoms with van der Waals surface area (Å²) in [6, 6.07) is 5.88. The normalized spacial score (nSPS) is 10.2. The van der Waals surface area contributed by atoms with Gasteiger partial charge in [-0.25, -0.2) is 4.79 Å². The summed E-state index contributed by atoms with van der Waals surface area (Å²) in [5.74, 6) is -2.02. The molecule has 0 aromatic carbocycles. The highest BCUT2D eigenvalue weighted by molar-refractivity contribution is 9.10. The van der Waals surface area contributed by atoms with Gasteiger partial charge in [0, 0.05) is 10.7 Å². The maximum Gasteiger partial charge on any atom is 0.371 e. The first-order chi connectivity index (χ1) is 8.09. The molecule has 86 valence electrons. The van der Waals surface area contributed by atoms with E-state index in [0.717, 1.165) is 0 Å². The molecule has 2 aromatic heterocycles. The van der Waals surface area contributed by atoms with Crippen LogP contribution in [-0.2, 0) is 0 Å². The van der Waals surface area contributed by atoms with Crippen LogP contribution in [0.3, 0.4) is 0 Å². The van der Waals surface area contributed by atoms with Crippen molar-refractivity contribution in [2.24, 2.45) is 0 Å². The first kappa shape index (κ1) is 11.5. The Kier molecular flexibility index (Phi) is 3.06. The maximum atomic E-state index is 11.9. The highest BCUT2D eigenvalue weighted by Crippen LogP contribution is 2.18. The molecule has 2 heterocycles. The zero-order valence-corrected chi connectivity index (χ0v) is 9.97. The van der Waals surface area contributed by atoms with Gasteiger partial charge in [-0.05, 0) is 40.2 Å². The average molecular weight is 296 g/mol. The lowest BCUT2D eigenvalue weighted by Gasteiger charge is -1.98. The summed E-state index contributed by atoms with van der Waals surface area (Å²) in [4.78, 5) is 26.4. The van der Waals surface area contributed by atoms with Crippen molar-refractivity contribution in [3.63, 3.8) is 0 Å². The molecule has 0 amide bonds. The number of ketones is 1. The molecule has 0 atom stereocenters. The molecular formula is C11H6BrNO4. The summed E-state index contributed by atoms with van der Waals surface area (Å²) >= 11 is 3.19. The molecule has 0 unspecified atom stereocenters. The predicted molar refractivity (Wildman–Crippen MR) is 61.0 cm³/mol. The topological polar surface area (TPSA) is 80.4 Å². The molecule has 0 radical (unpaired) electrons. The van der Waals surface area contributed by atoms with Crippen molar-refractivity contribution < 1.29 is 19.1 Å². The van der Waals surface area contributed by atoms with E-state index in [9.17, 15) is 9.59 Å². The third kappa shape index (κ3) is 2.26. The number of hydrogen-bond donors (Lipinski definition) is 1. The third-order valence-corrected chi connectivity index (χ3v) is 2.65. The van der Waals surface area contributed by atoms with Crippen molar-refractivity contribution in [1.82, 2.24) is 4.98 Å². The lowest BCUT2D eigenvalue weighted by Crippen LogP contribution is -2.03. The number of halogens is 1. The fraction of sp³-hybridized carbons (Fsp3) is 0. The highest BCUT2D eigenvalue weighted by atomic mass is 79.9. The molecule has 2 aromatic rings. The molecule has 0 aliphatic carbocycles. The van der Waals surface area contributed by atoms with E-state index in [1.54, 1.807) is 12.1 Å². The number of carboxylic acid groups (broad SMARTS) is 1. The van der Waals surface area contributed by atoms with E-state index in [2.05, 4.69) is 20.9 Å². The van der Waals surface area contributed by atoms with Gasteiger partial charge >= 0.3 is 5.97 Å². The molecule has 1 N–H and O–H groups in total.